The molecular weight excluding hydrogens is 478 g/mol. The van der Waals surface area contributed by atoms with Crippen molar-refractivity contribution >= 4 is 29.3 Å². The lowest BCUT2D eigenvalue weighted by molar-refractivity contribution is -0.113. The van der Waals surface area contributed by atoms with Gasteiger partial charge in [-0.2, -0.15) is 0 Å². The van der Waals surface area contributed by atoms with Gasteiger partial charge in [0.25, 0.3) is 11.5 Å². The van der Waals surface area contributed by atoms with Crippen LogP contribution in [0, 0.1) is 0 Å². The number of benzene rings is 3. The van der Waals surface area contributed by atoms with Crippen LogP contribution in [0.25, 0.3) is 6.08 Å². The van der Waals surface area contributed by atoms with Crippen LogP contribution in [0.3, 0.4) is 0 Å². The minimum absolute atomic E-state index is 0.104. The number of carbonyl (C=O) groups excluding carboxylic acids is 1. The van der Waals surface area contributed by atoms with Crippen molar-refractivity contribution < 1.29 is 13.9 Å². The third kappa shape index (κ3) is 4.48. The standard InChI is InChI=1S/C28H22ClN3O4/c1-17-24(26(33)31-21-6-4-3-5-7-21)25(19-10-14-22(35-2)15-11-19)32-27(34)23(36-28(32)30-17)16-18-8-12-20(29)13-9-18/h3-16,25H,1-2H3,(H,31,33)/b23-16-. The van der Waals surface area contributed by atoms with Crippen molar-refractivity contribution in [3.8, 4) is 5.75 Å². The molecule has 0 aliphatic carbocycles. The third-order valence-electron chi connectivity index (χ3n) is 5.90. The Hall–Kier alpha value is -4.36. The van der Waals surface area contributed by atoms with Crippen molar-refractivity contribution in [2.45, 2.75) is 13.0 Å². The van der Waals surface area contributed by atoms with E-state index < -0.39 is 11.6 Å². The van der Waals surface area contributed by atoms with Crippen LogP contribution in [0.4, 0.5) is 5.69 Å². The summed E-state index contributed by atoms with van der Waals surface area (Å²) in [6, 6.07) is 22.6. The summed E-state index contributed by atoms with van der Waals surface area (Å²) < 4.78 is 12.6. The molecule has 180 valence electrons. The fourth-order valence-electron chi connectivity index (χ4n) is 4.14. The predicted molar refractivity (Wildman–Crippen MR) is 138 cm³/mol. The van der Waals surface area contributed by atoms with E-state index in [1.54, 1.807) is 68.6 Å². The zero-order chi connectivity index (χ0) is 25.2. The number of halogens is 1. The van der Waals surface area contributed by atoms with Crippen molar-refractivity contribution in [3.63, 3.8) is 0 Å². The molecule has 7 nitrogen and oxygen atoms in total. The van der Waals surface area contributed by atoms with E-state index in [0.29, 0.717) is 33.3 Å². The van der Waals surface area contributed by atoms with E-state index in [1.165, 1.54) is 4.57 Å². The molecule has 0 saturated carbocycles. The maximum absolute atomic E-state index is 13.6. The predicted octanol–water partition coefficient (Wildman–Crippen LogP) is 4.07. The number of rotatable bonds is 5. The molecule has 1 aromatic heterocycles. The van der Waals surface area contributed by atoms with E-state index in [-0.39, 0.29) is 17.0 Å². The highest BCUT2D eigenvalue weighted by Gasteiger charge is 2.33. The lowest BCUT2D eigenvalue weighted by atomic mass is 9.95. The van der Waals surface area contributed by atoms with Crippen LogP contribution in [0.1, 0.15) is 24.1 Å². The molecule has 1 amide bonds. The first-order valence-electron chi connectivity index (χ1n) is 11.2. The van der Waals surface area contributed by atoms with Crippen molar-refractivity contribution in [1.82, 2.24) is 4.57 Å². The molecule has 0 saturated heterocycles. The number of hydrogen-bond donors (Lipinski definition) is 1. The number of fused-ring (bicyclic) bond motifs is 1. The second-order valence-corrected chi connectivity index (χ2v) is 8.66. The van der Waals surface area contributed by atoms with E-state index >= 15 is 0 Å². The van der Waals surface area contributed by atoms with Crippen molar-refractivity contribution in [3.05, 3.63) is 128 Å². The molecule has 36 heavy (non-hydrogen) atoms. The molecule has 1 aliphatic rings. The number of amides is 1. The largest absolute Gasteiger partial charge is 0.497 e. The van der Waals surface area contributed by atoms with Gasteiger partial charge in [-0.05, 0) is 60.5 Å². The monoisotopic (exact) mass is 499 g/mol. The number of carbonyl (C=O) groups is 1. The minimum atomic E-state index is -0.754. The van der Waals surface area contributed by atoms with Gasteiger partial charge in [0.2, 0.25) is 0 Å². The summed E-state index contributed by atoms with van der Waals surface area (Å²) in [4.78, 5) is 31.6. The molecule has 2 heterocycles. The number of anilines is 1. The lowest BCUT2D eigenvalue weighted by Crippen LogP contribution is -2.40. The number of allylic oxidation sites excluding steroid dienone is 1. The van der Waals surface area contributed by atoms with Crippen LogP contribution in [-0.2, 0) is 4.79 Å². The molecule has 4 aromatic rings. The van der Waals surface area contributed by atoms with Crippen LogP contribution in [0.5, 0.6) is 5.75 Å². The number of nitrogens with one attached hydrogen (secondary N) is 1. The first kappa shape index (κ1) is 23.4. The zero-order valence-corrected chi connectivity index (χ0v) is 20.3. The van der Waals surface area contributed by atoms with Crippen molar-refractivity contribution in [2.24, 2.45) is 4.99 Å². The molecule has 1 N–H and O–H groups in total. The summed E-state index contributed by atoms with van der Waals surface area (Å²) in [5.74, 6) is 0.303. The smallest absolute Gasteiger partial charge is 0.306 e. The fourth-order valence-corrected chi connectivity index (χ4v) is 4.27. The van der Waals surface area contributed by atoms with Crippen LogP contribution in [0.2, 0.25) is 5.02 Å². The Morgan fingerprint density at radius 2 is 1.75 bits per heavy atom. The number of para-hydroxylation sites is 1. The van der Waals surface area contributed by atoms with Crippen molar-refractivity contribution in [1.29, 1.82) is 0 Å². The molecule has 1 aliphatic heterocycles. The summed E-state index contributed by atoms with van der Waals surface area (Å²) in [6.07, 6.45) is 1.63. The van der Waals surface area contributed by atoms with E-state index in [9.17, 15) is 9.59 Å². The van der Waals surface area contributed by atoms with Crippen molar-refractivity contribution in [2.75, 3.05) is 12.4 Å². The van der Waals surface area contributed by atoms with Gasteiger partial charge >= 0.3 is 5.68 Å². The number of aromatic nitrogens is 1. The number of hydrogen-bond acceptors (Lipinski definition) is 5. The zero-order valence-electron chi connectivity index (χ0n) is 19.6. The lowest BCUT2D eigenvalue weighted by Gasteiger charge is -2.24. The maximum Gasteiger partial charge on any atom is 0.306 e. The summed E-state index contributed by atoms with van der Waals surface area (Å²) in [6.45, 7) is 1.73. The van der Waals surface area contributed by atoms with Gasteiger partial charge in [0.05, 0.1) is 24.4 Å². The molecule has 0 fully saturated rings. The Morgan fingerprint density at radius 1 is 1.06 bits per heavy atom. The average Bonchev–Trinajstić information content (AvgIpc) is 3.19. The Bertz CT molecular complexity index is 1630. The Kier molecular flexibility index (Phi) is 6.31. The molecule has 1 atom stereocenters. The first-order chi connectivity index (χ1) is 17.4. The Labute approximate surface area is 211 Å². The molecular formula is C28H22ClN3O4. The number of methoxy groups -OCH3 is 1. The van der Waals surface area contributed by atoms with Gasteiger partial charge in [-0.15, -0.1) is 0 Å². The molecule has 0 radical (unpaired) electrons. The van der Waals surface area contributed by atoms with Gasteiger partial charge in [0.1, 0.15) is 5.75 Å². The van der Waals surface area contributed by atoms with Gasteiger partial charge in [-0.1, -0.05) is 54.1 Å². The highest BCUT2D eigenvalue weighted by Crippen LogP contribution is 2.31. The Morgan fingerprint density at radius 3 is 2.42 bits per heavy atom. The number of oxazole rings is 1. The highest BCUT2D eigenvalue weighted by molar-refractivity contribution is 6.30. The minimum Gasteiger partial charge on any atom is -0.497 e. The molecule has 0 spiro atoms. The number of ether oxygens (including phenoxy) is 1. The SMILES string of the molecule is COc1ccc(C2C(C(=O)Nc3ccccc3)=C(C)N=c3o/c(=C\c4ccc(Cl)cc4)c(=O)n32)cc1. The second kappa shape index (κ2) is 9.71. The van der Waals surface area contributed by atoms with E-state index in [4.69, 9.17) is 20.8 Å². The topological polar surface area (TPSA) is 85.8 Å². The molecule has 1 unspecified atom stereocenters. The third-order valence-corrected chi connectivity index (χ3v) is 6.15. The quantitative estimate of drug-likeness (QED) is 0.448. The number of nitrogens with zero attached hydrogens (tertiary/aromatic N) is 2. The summed E-state index contributed by atoms with van der Waals surface area (Å²) >= 11 is 5.99. The average molecular weight is 500 g/mol. The summed E-state index contributed by atoms with van der Waals surface area (Å²) in [5, 5.41) is 3.51. The maximum atomic E-state index is 13.6. The van der Waals surface area contributed by atoms with Crippen LogP contribution < -0.4 is 26.7 Å². The molecule has 3 aromatic carbocycles. The van der Waals surface area contributed by atoms with E-state index in [0.717, 1.165) is 5.56 Å². The summed E-state index contributed by atoms with van der Waals surface area (Å²) in [5.41, 5.74) is 2.72. The first-order valence-corrected chi connectivity index (χ1v) is 11.6. The second-order valence-electron chi connectivity index (χ2n) is 8.23. The van der Waals surface area contributed by atoms with E-state index in [1.807, 2.05) is 30.3 Å². The molecule has 0 bridgehead atoms. The van der Waals surface area contributed by atoms with Gasteiger partial charge in [-0.3, -0.25) is 9.59 Å². The van der Waals surface area contributed by atoms with Crippen LogP contribution in [0.15, 0.2) is 104 Å². The van der Waals surface area contributed by atoms with Gasteiger partial charge in [-0.25, -0.2) is 9.56 Å². The Balaban J connectivity index is 1.67. The normalized spacial score (nSPS) is 15.3. The fraction of sp³-hybridized carbons (Fsp3) is 0.107. The summed E-state index contributed by atoms with van der Waals surface area (Å²) in [7, 11) is 1.58. The van der Waals surface area contributed by atoms with E-state index in [2.05, 4.69) is 10.3 Å². The highest BCUT2D eigenvalue weighted by atomic mass is 35.5. The molecule has 5 rings (SSSR count). The molecule has 8 heteroatoms. The van der Waals surface area contributed by atoms with Gasteiger partial charge in [0, 0.05) is 10.7 Å². The van der Waals surface area contributed by atoms with Crippen LogP contribution in [-0.4, -0.2) is 17.6 Å². The van der Waals surface area contributed by atoms with Gasteiger partial charge in [0.15, 0.2) is 5.42 Å². The van der Waals surface area contributed by atoms with Gasteiger partial charge < -0.3 is 14.5 Å². The van der Waals surface area contributed by atoms with Crippen LogP contribution >= 0.6 is 11.6 Å².